The van der Waals surface area contributed by atoms with Gasteiger partial charge in [-0.1, -0.05) is 25.4 Å². The predicted octanol–water partition coefficient (Wildman–Crippen LogP) is 1.24. The van der Waals surface area contributed by atoms with Gasteiger partial charge in [0.1, 0.15) is 18.1 Å². The minimum absolute atomic E-state index is 0.107. The Labute approximate surface area is 128 Å². The number of nitrogens with zero attached hydrogens (tertiary/aromatic N) is 2. The minimum Gasteiger partial charge on any atom is -0.332 e. The second-order valence-electron chi connectivity index (χ2n) is 5.15. The van der Waals surface area contributed by atoms with Crippen molar-refractivity contribution < 1.29 is 18.0 Å². The zero-order chi connectivity index (χ0) is 17.1. The number of halogens is 4. The summed E-state index contributed by atoms with van der Waals surface area (Å²) >= 11 is 5.53. The van der Waals surface area contributed by atoms with E-state index in [2.05, 4.69) is 0 Å². The van der Waals surface area contributed by atoms with Crippen LogP contribution in [0.5, 0.6) is 0 Å². The van der Waals surface area contributed by atoms with E-state index in [-0.39, 0.29) is 17.5 Å². The van der Waals surface area contributed by atoms with Gasteiger partial charge in [0.15, 0.2) is 0 Å². The molecule has 124 valence electrons. The molecule has 1 heterocycles. The smallest absolute Gasteiger partial charge is 0.332 e. The van der Waals surface area contributed by atoms with E-state index in [0.717, 1.165) is 10.8 Å². The fraction of sp³-hybridized carbons (Fsp3) is 0.583. The lowest BCUT2D eigenvalue weighted by Gasteiger charge is -2.25. The molecule has 0 aromatic carbocycles. The molecule has 0 atom stereocenters. The lowest BCUT2D eigenvalue weighted by Crippen LogP contribution is -2.44. The summed E-state index contributed by atoms with van der Waals surface area (Å²) < 4.78 is 38.3. The van der Waals surface area contributed by atoms with Gasteiger partial charge < -0.3 is 4.90 Å². The van der Waals surface area contributed by atoms with Crippen LogP contribution in [0.25, 0.3) is 0 Å². The van der Waals surface area contributed by atoms with Crippen LogP contribution in [0.15, 0.2) is 15.8 Å². The maximum Gasteiger partial charge on any atom is 0.406 e. The first-order valence-corrected chi connectivity index (χ1v) is 6.71. The quantitative estimate of drug-likeness (QED) is 0.875. The molecule has 0 aliphatic heterocycles. The molecule has 0 spiro atoms. The average molecular weight is 342 g/mol. The van der Waals surface area contributed by atoms with Crippen LogP contribution in [0.2, 0.25) is 5.02 Å². The van der Waals surface area contributed by atoms with Crippen molar-refractivity contribution in [1.82, 2.24) is 14.5 Å². The van der Waals surface area contributed by atoms with E-state index in [9.17, 15) is 27.6 Å². The molecule has 1 rings (SSSR count). The Morgan fingerprint density at radius 2 is 2.00 bits per heavy atom. The SMILES string of the molecule is CC(C)CN(CC(F)(F)F)C(=O)Cn1cc(Cl)c(=O)[nH]c1=O. The van der Waals surface area contributed by atoms with Gasteiger partial charge >= 0.3 is 11.9 Å². The summed E-state index contributed by atoms with van der Waals surface area (Å²) in [6.45, 7) is 1.18. The highest BCUT2D eigenvalue weighted by Gasteiger charge is 2.33. The van der Waals surface area contributed by atoms with Gasteiger partial charge in [-0.2, -0.15) is 13.2 Å². The summed E-state index contributed by atoms with van der Waals surface area (Å²) in [7, 11) is 0. The van der Waals surface area contributed by atoms with Gasteiger partial charge in [0.05, 0.1) is 0 Å². The number of carbonyl (C=O) groups excluding carboxylic acids is 1. The van der Waals surface area contributed by atoms with Gasteiger partial charge in [0, 0.05) is 12.7 Å². The van der Waals surface area contributed by atoms with Gasteiger partial charge in [-0.05, 0) is 5.92 Å². The van der Waals surface area contributed by atoms with Crippen LogP contribution >= 0.6 is 11.6 Å². The van der Waals surface area contributed by atoms with E-state index in [1.165, 1.54) is 0 Å². The first-order chi connectivity index (χ1) is 9.99. The fourth-order valence-corrected chi connectivity index (χ4v) is 1.92. The molecule has 0 fully saturated rings. The van der Waals surface area contributed by atoms with Gasteiger partial charge in [0.25, 0.3) is 5.56 Å². The van der Waals surface area contributed by atoms with Crippen molar-refractivity contribution in [3.05, 3.63) is 32.1 Å². The molecule has 0 aliphatic carbocycles. The molecule has 0 radical (unpaired) electrons. The van der Waals surface area contributed by atoms with Crippen LogP contribution in [-0.2, 0) is 11.3 Å². The largest absolute Gasteiger partial charge is 0.406 e. The highest BCUT2D eigenvalue weighted by atomic mass is 35.5. The van der Waals surface area contributed by atoms with E-state index in [4.69, 9.17) is 11.6 Å². The van der Waals surface area contributed by atoms with Crippen LogP contribution < -0.4 is 11.2 Å². The number of aromatic amines is 1. The van der Waals surface area contributed by atoms with Crippen molar-refractivity contribution >= 4 is 17.5 Å². The molecule has 6 nitrogen and oxygen atoms in total. The Balaban J connectivity index is 2.98. The number of aromatic nitrogens is 2. The minimum atomic E-state index is -4.54. The summed E-state index contributed by atoms with van der Waals surface area (Å²) in [5.41, 5.74) is -1.75. The molecular formula is C12H15ClF3N3O3. The lowest BCUT2D eigenvalue weighted by molar-refractivity contribution is -0.162. The van der Waals surface area contributed by atoms with Crippen molar-refractivity contribution in [1.29, 1.82) is 0 Å². The Morgan fingerprint density at radius 1 is 1.41 bits per heavy atom. The van der Waals surface area contributed by atoms with E-state index in [0.29, 0.717) is 4.90 Å². The standard InChI is InChI=1S/C12H15ClF3N3O3/c1-7(2)3-19(6-12(14,15)16)9(20)5-18-4-8(13)10(21)17-11(18)22/h4,7H,3,5-6H2,1-2H3,(H,17,21,22). The summed E-state index contributed by atoms with van der Waals surface area (Å²) in [6, 6.07) is 0. The number of amides is 1. The zero-order valence-electron chi connectivity index (χ0n) is 11.9. The predicted molar refractivity (Wildman–Crippen MR) is 73.8 cm³/mol. The number of rotatable bonds is 5. The van der Waals surface area contributed by atoms with Crippen molar-refractivity contribution in [2.45, 2.75) is 26.6 Å². The molecule has 0 saturated heterocycles. The van der Waals surface area contributed by atoms with Crippen LogP contribution in [0.4, 0.5) is 13.2 Å². The molecular weight excluding hydrogens is 327 g/mol. The highest BCUT2D eigenvalue weighted by molar-refractivity contribution is 6.30. The van der Waals surface area contributed by atoms with Crippen molar-refractivity contribution in [3.63, 3.8) is 0 Å². The van der Waals surface area contributed by atoms with E-state index in [1.54, 1.807) is 13.8 Å². The first-order valence-electron chi connectivity index (χ1n) is 6.33. The number of hydrogen-bond acceptors (Lipinski definition) is 3. The van der Waals surface area contributed by atoms with E-state index >= 15 is 0 Å². The van der Waals surface area contributed by atoms with Crippen LogP contribution in [0.1, 0.15) is 13.8 Å². The summed E-state index contributed by atoms with van der Waals surface area (Å²) in [6.07, 6.45) is -3.63. The molecule has 1 amide bonds. The Hall–Kier alpha value is -1.77. The Bertz CT molecular complexity index is 651. The van der Waals surface area contributed by atoms with Crippen LogP contribution in [-0.4, -0.2) is 39.6 Å². The van der Waals surface area contributed by atoms with E-state index in [1.807, 2.05) is 4.98 Å². The van der Waals surface area contributed by atoms with Gasteiger partial charge in [-0.3, -0.25) is 19.1 Å². The molecule has 1 aromatic rings. The first kappa shape index (κ1) is 18.3. The highest BCUT2D eigenvalue weighted by Crippen LogP contribution is 2.17. The maximum atomic E-state index is 12.5. The second kappa shape index (κ2) is 6.99. The lowest BCUT2D eigenvalue weighted by atomic mass is 10.2. The third kappa shape index (κ3) is 5.55. The van der Waals surface area contributed by atoms with Crippen LogP contribution in [0, 0.1) is 5.92 Å². The molecule has 1 aromatic heterocycles. The Kier molecular flexibility index (Phi) is 5.81. The molecule has 22 heavy (non-hydrogen) atoms. The molecule has 0 unspecified atom stereocenters. The molecule has 0 saturated carbocycles. The van der Waals surface area contributed by atoms with Crippen LogP contribution in [0.3, 0.4) is 0 Å². The van der Waals surface area contributed by atoms with Crippen molar-refractivity contribution in [2.24, 2.45) is 5.92 Å². The number of hydrogen-bond donors (Lipinski definition) is 1. The molecule has 0 bridgehead atoms. The molecule has 1 N–H and O–H groups in total. The average Bonchev–Trinajstić information content (AvgIpc) is 2.32. The maximum absolute atomic E-state index is 12.5. The third-order valence-electron chi connectivity index (χ3n) is 2.58. The summed E-state index contributed by atoms with van der Waals surface area (Å²) in [4.78, 5) is 37.1. The van der Waals surface area contributed by atoms with Crippen molar-refractivity contribution in [2.75, 3.05) is 13.1 Å². The summed E-state index contributed by atoms with van der Waals surface area (Å²) in [5, 5.41) is -0.335. The number of carbonyl (C=O) groups is 1. The number of nitrogens with one attached hydrogen (secondary N) is 1. The molecule has 0 aliphatic rings. The third-order valence-corrected chi connectivity index (χ3v) is 2.85. The Morgan fingerprint density at radius 3 is 2.50 bits per heavy atom. The topological polar surface area (TPSA) is 75.2 Å². The van der Waals surface area contributed by atoms with Gasteiger partial charge in [-0.25, -0.2) is 4.79 Å². The molecule has 10 heteroatoms. The fourth-order valence-electron chi connectivity index (χ4n) is 1.76. The van der Waals surface area contributed by atoms with E-state index < -0.39 is 36.4 Å². The normalized spacial score (nSPS) is 11.8. The number of H-pyrrole nitrogens is 1. The zero-order valence-corrected chi connectivity index (χ0v) is 12.7. The number of alkyl halides is 3. The second-order valence-corrected chi connectivity index (χ2v) is 5.55. The monoisotopic (exact) mass is 341 g/mol. The van der Waals surface area contributed by atoms with Crippen molar-refractivity contribution in [3.8, 4) is 0 Å². The summed E-state index contributed by atoms with van der Waals surface area (Å²) in [5.74, 6) is -1.07. The van der Waals surface area contributed by atoms with Gasteiger partial charge in [-0.15, -0.1) is 0 Å². The van der Waals surface area contributed by atoms with Gasteiger partial charge in [0.2, 0.25) is 5.91 Å².